The molecule has 0 atom stereocenters. The molecule has 2 heterocycles. The number of nitrogens with one attached hydrogen (secondary N) is 2. The van der Waals surface area contributed by atoms with Crippen LogP contribution in [0.1, 0.15) is 49.7 Å². The van der Waals surface area contributed by atoms with Gasteiger partial charge < -0.3 is 20.3 Å². The van der Waals surface area contributed by atoms with Gasteiger partial charge in [0.1, 0.15) is 12.3 Å². The van der Waals surface area contributed by atoms with Gasteiger partial charge in [-0.15, -0.1) is 12.8 Å². The van der Waals surface area contributed by atoms with Crippen molar-refractivity contribution in [3.8, 4) is 12.8 Å². The molecule has 0 bridgehead atoms. The van der Waals surface area contributed by atoms with Gasteiger partial charge in [0.15, 0.2) is 0 Å². The molecule has 1 aromatic carbocycles. The number of benzene rings is 1. The van der Waals surface area contributed by atoms with E-state index >= 15 is 0 Å². The molecule has 0 radical (unpaired) electrons. The second kappa shape index (κ2) is 12.9. The van der Waals surface area contributed by atoms with Gasteiger partial charge in [-0.1, -0.05) is 29.8 Å². The number of allylic oxidation sites excluding steroid dienone is 2. The summed E-state index contributed by atoms with van der Waals surface area (Å²) in [5, 5.41) is 6.43. The van der Waals surface area contributed by atoms with E-state index in [1.807, 2.05) is 24.9 Å². The number of amides is 1. The first-order chi connectivity index (χ1) is 17.1. The number of nitrogens with zero attached hydrogens (tertiary/aromatic N) is 3. The molecule has 35 heavy (non-hydrogen) atoms. The Balaban J connectivity index is 0.00000167. The summed E-state index contributed by atoms with van der Waals surface area (Å²) in [6, 6.07) is 8.75. The van der Waals surface area contributed by atoms with E-state index in [1.54, 1.807) is 7.05 Å². The second-order valence-corrected chi connectivity index (χ2v) is 8.87. The van der Waals surface area contributed by atoms with Gasteiger partial charge >= 0.3 is 0 Å². The van der Waals surface area contributed by atoms with Gasteiger partial charge in [-0.05, 0) is 49.7 Å². The molecule has 0 aromatic heterocycles. The van der Waals surface area contributed by atoms with Gasteiger partial charge in [0.05, 0.1) is 5.71 Å². The number of carbonyl (C=O) groups excluding carboxylic acids is 1. The van der Waals surface area contributed by atoms with Gasteiger partial charge in [0.2, 0.25) is 11.8 Å². The molecule has 7 nitrogen and oxygen atoms in total. The van der Waals surface area contributed by atoms with Gasteiger partial charge in [-0.25, -0.2) is 4.99 Å². The molecule has 186 valence electrons. The summed E-state index contributed by atoms with van der Waals surface area (Å²) in [4.78, 5) is 23.5. The van der Waals surface area contributed by atoms with Crippen molar-refractivity contribution in [3.63, 3.8) is 0 Å². The number of hydrogen-bond acceptors (Lipinski definition) is 6. The lowest BCUT2D eigenvalue weighted by Crippen LogP contribution is -2.45. The first-order valence-corrected chi connectivity index (χ1v) is 12.3. The van der Waals surface area contributed by atoms with Crippen LogP contribution in [0.3, 0.4) is 0 Å². The fourth-order valence-corrected chi connectivity index (χ4v) is 4.67. The van der Waals surface area contributed by atoms with Crippen molar-refractivity contribution in [1.82, 2.24) is 15.5 Å². The molecule has 3 aliphatic rings. The maximum absolute atomic E-state index is 12.5. The van der Waals surface area contributed by atoms with Gasteiger partial charge in [0, 0.05) is 52.0 Å². The number of ether oxygens (including phenoxy) is 1. The molecule has 0 spiro atoms. The summed E-state index contributed by atoms with van der Waals surface area (Å²) < 4.78 is 5.84. The van der Waals surface area contributed by atoms with E-state index in [2.05, 4.69) is 52.7 Å². The molecule has 1 aliphatic carbocycles. The highest BCUT2D eigenvalue weighted by Crippen LogP contribution is 2.35. The van der Waals surface area contributed by atoms with Crippen LogP contribution in [-0.2, 0) is 9.53 Å². The van der Waals surface area contributed by atoms with Crippen molar-refractivity contribution < 1.29 is 9.53 Å². The molecular formula is C28H37N5O2. The molecule has 2 aliphatic heterocycles. The third-order valence-corrected chi connectivity index (χ3v) is 6.83. The minimum atomic E-state index is 0.183. The molecule has 1 saturated carbocycles. The van der Waals surface area contributed by atoms with E-state index in [0.29, 0.717) is 18.4 Å². The maximum atomic E-state index is 12.5. The van der Waals surface area contributed by atoms with Crippen LogP contribution in [0.5, 0.6) is 0 Å². The van der Waals surface area contributed by atoms with Crippen LogP contribution in [-0.4, -0.2) is 69.3 Å². The predicted octanol–water partition coefficient (Wildman–Crippen LogP) is 3.25. The highest BCUT2D eigenvalue weighted by molar-refractivity contribution is 6.09. The lowest BCUT2D eigenvalue weighted by atomic mass is 9.81. The molecule has 4 rings (SSSR count). The van der Waals surface area contributed by atoms with E-state index in [1.165, 1.54) is 11.1 Å². The van der Waals surface area contributed by atoms with Crippen LogP contribution in [0.25, 0.3) is 0 Å². The van der Waals surface area contributed by atoms with E-state index in [-0.39, 0.29) is 5.91 Å². The van der Waals surface area contributed by atoms with Gasteiger partial charge in [-0.2, -0.15) is 0 Å². The SMILES string of the molecule is C#C.CN=C1OCC(c2ccc(C3CCC(=CC(=O)N4CCNCC4)CC3)cc2)=N/C1=C(/C)NC. The zero-order valence-corrected chi connectivity index (χ0v) is 21.1. The maximum Gasteiger partial charge on any atom is 0.246 e. The normalized spacial score (nSPS) is 22.8. The Morgan fingerprint density at radius 2 is 1.86 bits per heavy atom. The molecule has 0 unspecified atom stereocenters. The van der Waals surface area contributed by atoms with E-state index < -0.39 is 0 Å². The van der Waals surface area contributed by atoms with Crippen molar-refractivity contribution in [1.29, 1.82) is 0 Å². The Hall–Kier alpha value is -3.37. The Kier molecular flexibility index (Phi) is 9.68. The van der Waals surface area contributed by atoms with Gasteiger partial charge in [0.25, 0.3) is 0 Å². The molecule has 2 N–H and O–H groups in total. The number of aliphatic imine (C=N–C) groups is 2. The summed E-state index contributed by atoms with van der Waals surface area (Å²) in [5.74, 6) is 1.29. The minimum absolute atomic E-state index is 0.183. The topological polar surface area (TPSA) is 78.3 Å². The standard InChI is InChI=1S/C26H35N5O2.C2H2/c1-18(27-2)25-26(28-3)33-17-23(30-25)22-10-8-21(9-11-22)20-6-4-19(5-7-20)16-24(32)31-14-12-29-13-15-31;1-2/h8-11,16,20,27,29H,4-7,12-15,17H2,1-3H3;1-2H/b19-16?,25-18-,28-26?;. The van der Waals surface area contributed by atoms with E-state index in [9.17, 15) is 4.79 Å². The average Bonchev–Trinajstić information content (AvgIpc) is 2.94. The number of terminal acetylenes is 1. The second-order valence-electron chi connectivity index (χ2n) is 8.87. The third-order valence-electron chi connectivity index (χ3n) is 6.83. The van der Waals surface area contributed by atoms with Crippen molar-refractivity contribution in [2.24, 2.45) is 9.98 Å². The predicted molar refractivity (Wildman–Crippen MR) is 143 cm³/mol. The summed E-state index contributed by atoms with van der Waals surface area (Å²) in [7, 11) is 3.60. The first-order valence-electron chi connectivity index (χ1n) is 12.3. The molecule has 7 heteroatoms. The molecule has 1 aromatic rings. The van der Waals surface area contributed by atoms with Crippen LogP contribution >= 0.6 is 0 Å². The molecule has 1 saturated heterocycles. The lowest BCUT2D eigenvalue weighted by molar-refractivity contribution is -0.126. The van der Waals surface area contributed by atoms with Gasteiger partial charge in [-0.3, -0.25) is 9.79 Å². The quantitative estimate of drug-likeness (QED) is 0.518. The third kappa shape index (κ3) is 6.61. The molecular weight excluding hydrogens is 438 g/mol. The zero-order chi connectivity index (χ0) is 25.2. The fraction of sp³-hybridized carbons (Fsp3) is 0.464. The van der Waals surface area contributed by atoms with E-state index in [4.69, 9.17) is 9.73 Å². The summed E-state index contributed by atoms with van der Waals surface area (Å²) in [5.41, 5.74) is 6.35. The largest absolute Gasteiger partial charge is 0.470 e. The molecule has 2 fully saturated rings. The Bertz CT molecular complexity index is 1020. The van der Waals surface area contributed by atoms with Crippen LogP contribution in [0, 0.1) is 12.8 Å². The lowest BCUT2D eigenvalue weighted by Gasteiger charge is -2.28. The molecule has 1 amide bonds. The summed E-state index contributed by atoms with van der Waals surface area (Å²) >= 11 is 0. The highest BCUT2D eigenvalue weighted by atomic mass is 16.5. The van der Waals surface area contributed by atoms with Crippen LogP contribution < -0.4 is 10.6 Å². The van der Waals surface area contributed by atoms with Crippen molar-refractivity contribution in [2.75, 3.05) is 46.9 Å². The number of hydrogen-bond donors (Lipinski definition) is 2. The van der Waals surface area contributed by atoms with Crippen molar-refractivity contribution >= 4 is 17.5 Å². The van der Waals surface area contributed by atoms with Crippen LogP contribution in [0.2, 0.25) is 0 Å². The monoisotopic (exact) mass is 475 g/mol. The highest BCUT2D eigenvalue weighted by Gasteiger charge is 2.23. The summed E-state index contributed by atoms with van der Waals surface area (Å²) in [6.45, 7) is 5.81. The number of carbonyl (C=O) groups is 1. The van der Waals surface area contributed by atoms with Crippen LogP contribution in [0.15, 0.2) is 57.3 Å². The first kappa shape index (κ1) is 26.2. The smallest absolute Gasteiger partial charge is 0.246 e. The Labute approximate surface area is 209 Å². The average molecular weight is 476 g/mol. The zero-order valence-electron chi connectivity index (χ0n) is 21.1. The van der Waals surface area contributed by atoms with Crippen molar-refractivity contribution in [3.05, 3.63) is 58.4 Å². The van der Waals surface area contributed by atoms with E-state index in [0.717, 1.165) is 74.5 Å². The summed E-state index contributed by atoms with van der Waals surface area (Å²) in [6.07, 6.45) is 14.1. The Morgan fingerprint density at radius 3 is 2.46 bits per heavy atom. The fourth-order valence-electron chi connectivity index (χ4n) is 4.67. The number of rotatable bonds is 4. The minimum Gasteiger partial charge on any atom is -0.470 e. The Morgan fingerprint density at radius 1 is 1.20 bits per heavy atom. The van der Waals surface area contributed by atoms with Crippen LogP contribution in [0.4, 0.5) is 0 Å². The number of piperazine rings is 1. The van der Waals surface area contributed by atoms with Crippen molar-refractivity contribution in [2.45, 2.75) is 38.5 Å².